The summed E-state index contributed by atoms with van der Waals surface area (Å²) in [6, 6.07) is 3.91. The fourth-order valence-corrected chi connectivity index (χ4v) is 1.25. The number of oxime groups is 1. The van der Waals surface area contributed by atoms with Crippen LogP contribution in [0.25, 0.3) is 0 Å². The van der Waals surface area contributed by atoms with E-state index >= 15 is 0 Å². The van der Waals surface area contributed by atoms with Crippen LogP contribution in [-0.4, -0.2) is 10.7 Å². The first-order valence-electron chi connectivity index (χ1n) is 3.95. The highest BCUT2D eigenvalue weighted by Crippen LogP contribution is 2.25. The number of hydrogen-bond donors (Lipinski definition) is 0. The van der Waals surface area contributed by atoms with Crippen molar-refractivity contribution < 1.29 is 4.84 Å². The van der Waals surface area contributed by atoms with Crippen LogP contribution in [0.15, 0.2) is 29.7 Å². The van der Waals surface area contributed by atoms with E-state index in [0.717, 1.165) is 17.7 Å². The van der Waals surface area contributed by atoms with Crippen molar-refractivity contribution in [3.8, 4) is 0 Å². The van der Waals surface area contributed by atoms with Gasteiger partial charge in [0, 0.05) is 18.8 Å². The predicted octanol–water partition coefficient (Wildman–Crippen LogP) is 1.92. The lowest BCUT2D eigenvalue weighted by Gasteiger charge is -2.06. The van der Waals surface area contributed by atoms with Crippen molar-refractivity contribution >= 4 is 5.71 Å². The number of rotatable bonds is 1. The normalized spacial score (nSPS) is 21.8. The van der Waals surface area contributed by atoms with Crippen molar-refractivity contribution in [2.45, 2.75) is 19.4 Å². The van der Waals surface area contributed by atoms with Crippen LogP contribution >= 0.6 is 0 Å². The van der Waals surface area contributed by atoms with Crippen molar-refractivity contribution in [1.82, 2.24) is 4.98 Å². The summed E-state index contributed by atoms with van der Waals surface area (Å²) in [7, 11) is 0. The van der Waals surface area contributed by atoms with Crippen molar-refractivity contribution in [3.63, 3.8) is 0 Å². The van der Waals surface area contributed by atoms with Gasteiger partial charge in [0.25, 0.3) is 0 Å². The van der Waals surface area contributed by atoms with E-state index in [9.17, 15) is 0 Å². The molecule has 2 heterocycles. The fraction of sp³-hybridized carbons (Fsp3) is 0.333. The zero-order valence-electron chi connectivity index (χ0n) is 6.90. The first kappa shape index (κ1) is 7.28. The molecule has 0 amide bonds. The van der Waals surface area contributed by atoms with Crippen molar-refractivity contribution in [2.75, 3.05) is 0 Å². The largest absolute Gasteiger partial charge is 0.387 e. The van der Waals surface area contributed by atoms with Crippen LogP contribution < -0.4 is 0 Å². The van der Waals surface area contributed by atoms with E-state index in [1.54, 1.807) is 12.4 Å². The molecule has 1 aliphatic heterocycles. The maximum Gasteiger partial charge on any atom is 0.158 e. The topological polar surface area (TPSA) is 34.5 Å². The van der Waals surface area contributed by atoms with Crippen LogP contribution in [0.3, 0.4) is 0 Å². The first-order valence-corrected chi connectivity index (χ1v) is 3.95. The van der Waals surface area contributed by atoms with Gasteiger partial charge in [-0.05, 0) is 24.6 Å². The molecule has 3 heteroatoms. The zero-order chi connectivity index (χ0) is 8.39. The molecular weight excluding hydrogens is 152 g/mol. The highest BCUT2D eigenvalue weighted by molar-refractivity contribution is 5.83. The molecule has 0 bridgehead atoms. The molecule has 1 atom stereocenters. The molecule has 1 aromatic heterocycles. The Hall–Kier alpha value is -1.38. The van der Waals surface area contributed by atoms with Crippen LogP contribution in [0.5, 0.6) is 0 Å². The molecular formula is C9H10N2O. The van der Waals surface area contributed by atoms with Gasteiger partial charge in [0.15, 0.2) is 6.10 Å². The van der Waals surface area contributed by atoms with E-state index in [-0.39, 0.29) is 6.10 Å². The van der Waals surface area contributed by atoms with Crippen LogP contribution in [0, 0.1) is 0 Å². The second-order valence-electron chi connectivity index (χ2n) is 2.91. The molecule has 0 saturated carbocycles. The Morgan fingerprint density at radius 3 is 2.75 bits per heavy atom. The Morgan fingerprint density at radius 1 is 1.42 bits per heavy atom. The minimum atomic E-state index is 0.105. The quantitative estimate of drug-likeness (QED) is 0.632. The molecule has 1 aliphatic rings. The SMILES string of the molecule is CC1=NOC(c2ccncc2)C1. The Bertz CT molecular complexity index is 295. The lowest BCUT2D eigenvalue weighted by atomic mass is 10.1. The third-order valence-electron chi connectivity index (χ3n) is 1.89. The minimum absolute atomic E-state index is 0.105. The van der Waals surface area contributed by atoms with Crippen LogP contribution in [0.4, 0.5) is 0 Å². The number of aromatic nitrogens is 1. The smallest absolute Gasteiger partial charge is 0.158 e. The van der Waals surface area contributed by atoms with Gasteiger partial charge in [0.2, 0.25) is 0 Å². The number of nitrogens with zero attached hydrogens (tertiary/aromatic N) is 2. The van der Waals surface area contributed by atoms with Crippen molar-refractivity contribution in [1.29, 1.82) is 0 Å². The third-order valence-corrected chi connectivity index (χ3v) is 1.89. The molecule has 12 heavy (non-hydrogen) atoms. The second-order valence-corrected chi connectivity index (χ2v) is 2.91. The lowest BCUT2D eigenvalue weighted by Crippen LogP contribution is -1.97. The number of pyridine rings is 1. The molecule has 0 aromatic carbocycles. The summed E-state index contributed by atoms with van der Waals surface area (Å²) in [5.41, 5.74) is 2.20. The zero-order valence-corrected chi connectivity index (χ0v) is 6.90. The third kappa shape index (κ3) is 1.30. The molecule has 3 nitrogen and oxygen atoms in total. The molecule has 2 rings (SSSR count). The molecule has 0 saturated heterocycles. The standard InChI is InChI=1S/C9H10N2O/c1-7-6-9(12-11-7)8-2-4-10-5-3-8/h2-5,9H,6H2,1H3. The van der Waals surface area contributed by atoms with Crippen LogP contribution in [0.2, 0.25) is 0 Å². The van der Waals surface area contributed by atoms with E-state index in [0.29, 0.717) is 0 Å². The summed E-state index contributed by atoms with van der Waals surface area (Å²) >= 11 is 0. The van der Waals surface area contributed by atoms with Gasteiger partial charge in [0.05, 0.1) is 5.71 Å². The Kier molecular flexibility index (Phi) is 1.78. The molecule has 0 fully saturated rings. The summed E-state index contributed by atoms with van der Waals surface area (Å²) < 4.78 is 0. The molecule has 0 N–H and O–H groups in total. The average molecular weight is 162 g/mol. The van der Waals surface area contributed by atoms with E-state index in [1.165, 1.54) is 0 Å². The Labute approximate surface area is 71.1 Å². The molecule has 0 spiro atoms. The molecule has 1 aromatic rings. The van der Waals surface area contributed by atoms with Crippen LogP contribution in [0.1, 0.15) is 25.0 Å². The summed E-state index contributed by atoms with van der Waals surface area (Å²) in [6.45, 7) is 1.97. The Balaban J connectivity index is 2.14. The molecule has 1 unspecified atom stereocenters. The van der Waals surface area contributed by atoms with E-state index in [2.05, 4.69) is 10.1 Å². The van der Waals surface area contributed by atoms with E-state index in [1.807, 2.05) is 19.1 Å². The summed E-state index contributed by atoms with van der Waals surface area (Å²) in [5.74, 6) is 0. The van der Waals surface area contributed by atoms with Gasteiger partial charge in [-0.1, -0.05) is 5.16 Å². The monoisotopic (exact) mass is 162 g/mol. The van der Waals surface area contributed by atoms with Gasteiger partial charge in [0.1, 0.15) is 0 Å². The van der Waals surface area contributed by atoms with Crippen molar-refractivity contribution in [3.05, 3.63) is 30.1 Å². The predicted molar refractivity (Wildman–Crippen MR) is 45.8 cm³/mol. The second kappa shape index (κ2) is 2.93. The number of hydrogen-bond acceptors (Lipinski definition) is 3. The average Bonchev–Trinajstić information content (AvgIpc) is 2.54. The van der Waals surface area contributed by atoms with Gasteiger partial charge in [-0.15, -0.1) is 0 Å². The maximum atomic E-state index is 5.21. The summed E-state index contributed by atoms with van der Waals surface area (Å²) in [5, 5.41) is 3.89. The van der Waals surface area contributed by atoms with E-state index < -0.39 is 0 Å². The van der Waals surface area contributed by atoms with Crippen molar-refractivity contribution in [2.24, 2.45) is 5.16 Å². The lowest BCUT2D eigenvalue weighted by molar-refractivity contribution is 0.0856. The van der Waals surface area contributed by atoms with Gasteiger partial charge in [-0.25, -0.2) is 0 Å². The molecule has 0 aliphatic carbocycles. The Morgan fingerprint density at radius 2 is 2.17 bits per heavy atom. The minimum Gasteiger partial charge on any atom is -0.387 e. The van der Waals surface area contributed by atoms with E-state index in [4.69, 9.17) is 4.84 Å². The molecule has 0 radical (unpaired) electrons. The summed E-state index contributed by atoms with van der Waals surface area (Å²) in [6.07, 6.45) is 4.54. The highest BCUT2D eigenvalue weighted by Gasteiger charge is 2.19. The highest BCUT2D eigenvalue weighted by atomic mass is 16.6. The van der Waals surface area contributed by atoms with Gasteiger partial charge in [-0.2, -0.15) is 0 Å². The fourth-order valence-electron chi connectivity index (χ4n) is 1.25. The molecule has 62 valence electrons. The summed E-state index contributed by atoms with van der Waals surface area (Å²) in [4.78, 5) is 9.15. The first-order chi connectivity index (χ1) is 5.86. The maximum absolute atomic E-state index is 5.21. The van der Waals surface area contributed by atoms with Gasteiger partial charge < -0.3 is 4.84 Å². The van der Waals surface area contributed by atoms with Gasteiger partial charge >= 0.3 is 0 Å². The van der Waals surface area contributed by atoms with Crippen LogP contribution in [-0.2, 0) is 4.84 Å². The van der Waals surface area contributed by atoms with Gasteiger partial charge in [-0.3, -0.25) is 4.98 Å².